The molecule has 5 N–H and O–H groups in total. The molecule has 11 heteroatoms. The van der Waals surface area contributed by atoms with Crippen LogP contribution in [0.2, 0.25) is 0 Å². The zero-order valence-electron chi connectivity index (χ0n) is 17.0. The van der Waals surface area contributed by atoms with E-state index >= 15 is 0 Å². The number of fused-ring (bicyclic) bond motifs is 1. The number of nitrogens with one attached hydrogen (secondary N) is 4. The van der Waals surface area contributed by atoms with Crippen LogP contribution in [-0.4, -0.2) is 76.1 Å². The number of aliphatic hydroxyl groups is 1. The summed E-state index contributed by atoms with van der Waals surface area (Å²) in [4.78, 5) is 27.5. The van der Waals surface area contributed by atoms with Crippen LogP contribution in [-0.2, 0) is 11.2 Å². The van der Waals surface area contributed by atoms with Gasteiger partial charge in [-0.1, -0.05) is 12.1 Å². The van der Waals surface area contributed by atoms with E-state index < -0.39 is 18.3 Å². The molecule has 1 aliphatic heterocycles. The van der Waals surface area contributed by atoms with Gasteiger partial charge in [0.05, 0.1) is 19.5 Å². The minimum absolute atomic E-state index is 0.179. The largest absolute Gasteiger partial charge is 0.497 e. The number of ether oxygens (including phenoxy) is 2. The summed E-state index contributed by atoms with van der Waals surface area (Å²) in [5.41, 5.74) is 2.32. The van der Waals surface area contributed by atoms with Crippen LogP contribution in [0.1, 0.15) is 5.56 Å². The van der Waals surface area contributed by atoms with Crippen molar-refractivity contribution in [2.45, 2.75) is 24.7 Å². The SMILES string of the molecule is COc1ccc(C[C@H]2NC[C@H](O)[C@H]2OC(=O)NCCNc2ncnc3nc[nH]c23)cc1. The molecular weight excluding hydrogens is 402 g/mol. The van der Waals surface area contributed by atoms with E-state index in [0.29, 0.717) is 43.0 Å². The predicted molar refractivity (Wildman–Crippen MR) is 113 cm³/mol. The Balaban J connectivity index is 1.25. The van der Waals surface area contributed by atoms with E-state index in [1.165, 1.54) is 6.33 Å². The topological polar surface area (TPSA) is 146 Å². The number of hydrogen-bond acceptors (Lipinski definition) is 9. The van der Waals surface area contributed by atoms with Crippen LogP contribution in [0.25, 0.3) is 11.2 Å². The molecule has 4 rings (SSSR count). The average Bonchev–Trinajstić information content (AvgIpc) is 3.40. The molecule has 11 nitrogen and oxygen atoms in total. The number of alkyl carbamates (subject to hydrolysis) is 1. The molecule has 1 aliphatic rings. The first-order chi connectivity index (χ1) is 15.1. The molecule has 1 fully saturated rings. The number of aliphatic hydroxyl groups excluding tert-OH is 1. The molecule has 0 radical (unpaired) electrons. The maximum Gasteiger partial charge on any atom is 0.407 e. The first kappa shape index (κ1) is 20.8. The van der Waals surface area contributed by atoms with Gasteiger partial charge in [-0.3, -0.25) is 0 Å². The monoisotopic (exact) mass is 427 g/mol. The summed E-state index contributed by atoms with van der Waals surface area (Å²) in [6.45, 7) is 1.12. The summed E-state index contributed by atoms with van der Waals surface area (Å²) in [6.07, 6.45) is 1.61. The van der Waals surface area contributed by atoms with E-state index in [-0.39, 0.29) is 6.04 Å². The number of aromatic amines is 1. The van der Waals surface area contributed by atoms with Crippen molar-refractivity contribution < 1.29 is 19.4 Å². The number of H-pyrrole nitrogens is 1. The fraction of sp³-hybridized carbons (Fsp3) is 0.400. The summed E-state index contributed by atoms with van der Waals surface area (Å²) in [5, 5.41) is 19.3. The molecule has 3 aromatic rings. The molecule has 0 bridgehead atoms. The number of methoxy groups -OCH3 is 1. The van der Waals surface area contributed by atoms with Gasteiger partial charge in [0, 0.05) is 19.6 Å². The Morgan fingerprint density at radius 1 is 1.23 bits per heavy atom. The van der Waals surface area contributed by atoms with Gasteiger partial charge in [0.25, 0.3) is 0 Å². The van der Waals surface area contributed by atoms with Crippen LogP contribution in [0.4, 0.5) is 10.6 Å². The Hall–Kier alpha value is -3.44. The third-order valence-electron chi connectivity index (χ3n) is 5.13. The van der Waals surface area contributed by atoms with Crippen LogP contribution in [0.5, 0.6) is 5.75 Å². The van der Waals surface area contributed by atoms with Gasteiger partial charge in [0.1, 0.15) is 29.8 Å². The van der Waals surface area contributed by atoms with Gasteiger partial charge in [0.15, 0.2) is 11.5 Å². The van der Waals surface area contributed by atoms with E-state index in [9.17, 15) is 9.90 Å². The molecule has 0 spiro atoms. The number of benzene rings is 1. The number of hydrogen-bond donors (Lipinski definition) is 5. The highest BCUT2D eigenvalue weighted by molar-refractivity contribution is 5.81. The van der Waals surface area contributed by atoms with Crippen molar-refractivity contribution in [2.75, 3.05) is 32.1 Å². The second-order valence-electron chi connectivity index (χ2n) is 7.18. The number of amides is 1. The fourth-order valence-electron chi connectivity index (χ4n) is 3.55. The standard InChI is InChI=1S/C20H25N7O4/c1-30-13-4-2-12(3-5-13)8-14-17(15(28)9-23-14)31-20(29)22-7-6-21-18-16-19(25-10-24-16)27-11-26-18/h2-5,10-11,14-15,17,23,28H,6-9H2,1H3,(H,22,29)(H2,21,24,25,26,27)/t14-,15+,17+/m1/s1. The van der Waals surface area contributed by atoms with Crippen LogP contribution in [0.3, 0.4) is 0 Å². The summed E-state index contributed by atoms with van der Waals surface area (Å²) >= 11 is 0. The molecule has 0 saturated carbocycles. The minimum Gasteiger partial charge on any atom is -0.497 e. The predicted octanol–water partition coefficient (Wildman–Crippen LogP) is 0.444. The van der Waals surface area contributed by atoms with Crippen molar-refractivity contribution in [1.29, 1.82) is 0 Å². The number of aromatic nitrogens is 4. The molecule has 0 aliphatic carbocycles. The lowest BCUT2D eigenvalue weighted by molar-refractivity contribution is 0.0191. The van der Waals surface area contributed by atoms with E-state index in [1.807, 2.05) is 24.3 Å². The summed E-state index contributed by atoms with van der Waals surface area (Å²) in [5.74, 6) is 1.38. The summed E-state index contributed by atoms with van der Waals surface area (Å²) in [7, 11) is 1.62. The third-order valence-corrected chi connectivity index (χ3v) is 5.13. The zero-order chi connectivity index (χ0) is 21.6. The van der Waals surface area contributed by atoms with Gasteiger partial charge < -0.3 is 35.5 Å². The maximum absolute atomic E-state index is 12.3. The average molecular weight is 427 g/mol. The number of anilines is 1. The molecule has 3 heterocycles. The van der Waals surface area contributed by atoms with E-state index in [0.717, 1.165) is 11.3 Å². The smallest absolute Gasteiger partial charge is 0.407 e. The van der Waals surface area contributed by atoms with E-state index in [1.54, 1.807) is 13.4 Å². The van der Waals surface area contributed by atoms with Crippen LogP contribution < -0.4 is 20.7 Å². The van der Waals surface area contributed by atoms with E-state index in [4.69, 9.17) is 9.47 Å². The Bertz CT molecular complexity index is 1010. The molecule has 1 amide bonds. The molecular formula is C20H25N7O4. The first-order valence-corrected chi connectivity index (χ1v) is 10.0. The number of rotatable bonds is 8. The van der Waals surface area contributed by atoms with Crippen molar-refractivity contribution in [2.24, 2.45) is 0 Å². The lowest BCUT2D eigenvalue weighted by atomic mass is 10.0. The zero-order valence-corrected chi connectivity index (χ0v) is 17.0. The lowest BCUT2D eigenvalue weighted by Gasteiger charge is -2.22. The van der Waals surface area contributed by atoms with Crippen molar-refractivity contribution in [3.05, 3.63) is 42.5 Å². The highest BCUT2D eigenvalue weighted by Gasteiger charge is 2.37. The number of carbonyl (C=O) groups excluding carboxylic acids is 1. The molecule has 31 heavy (non-hydrogen) atoms. The van der Waals surface area contributed by atoms with Crippen LogP contribution >= 0.6 is 0 Å². The van der Waals surface area contributed by atoms with Crippen LogP contribution in [0.15, 0.2) is 36.9 Å². The molecule has 3 atom stereocenters. The highest BCUT2D eigenvalue weighted by Crippen LogP contribution is 2.19. The molecule has 1 saturated heterocycles. The molecule has 164 valence electrons. The third kappa shape index (κ3) is 5.01. The van der Waals surface area contributed by atoms with Crippen molar-refractivity contribution in [3.8, 4) is 5.75 Å². The molecule has 0 unspecified atom stereocenters. The number of carbonyl (C=O) groups is 1. The lowest BCUT2D eigenvalue weighted by Crippen LogP contribution is -2.42. The number of nitrogens with zero attached hydrogens (tertiary/aromatic N) is 3. The minimum atomic E-state index is -0.762. The van der Waals surface area contributed by atoms with Gasteiger partial charge in [-0.25, -0.2) is 19.7 Å². The normalized spacial score (nSPS) is 20.5. The number of imidazole rings is 1. The Labute approximate surface area is 178 Å². The Morgan fingerprint density at radius 3 is 2.87 bits per heavy atom. The van der Waals surface area contributed by atoms with Crippen molar-refractivity contribution in [1.82, 2.24) is 30.6 Å². The summed E-state index contributed by atoms with van der Waals surface area (Å²) < 4.78 is 10.7. The van der Waals surface area contributed by atoms with Crippen molar-refractivity contribution >= 4 is 23.1 Å². The molecule has 1 aromatic carbocycles. The number of β-amino-alcohol motifs (C(OH)–C–C–N with tert-alkyl or cyclic N) is 1. The van der Waals surface area contributed by atoms with Gasteiger partial charge in [-0.2, -0.15) is 0 Å². The highest BCUT2D eigenvalue weighted by atomic mass is 16.6. The first-order valence-electron chi connectivity index (χ1n) is 10.0. The van der Waals surface area contributed by atoms with Crippen molar-refractivity contribution in [3.63, 3.8) is 0 Å². The summed E-state index contributed by atoms with van der Waals surface area (Å²) in [6, 6.07) is 7.49. The van der Waals surface area contributed by atoms with Crippen LogP contribution in [0, 0.1) is 0 Å². The second-order valence-corrected chi connectivity index (χ2v) is 7.18. The van der Waals surface area contributed by atoms with Gasteiger partial charge in [-0.05, 0) is 24.1 Å². The van der Waals surface area contributed by atoms with Gasteiger partial charge in [0.2, 0.25) is 0 Å². The Kier molecular flexibility index (Phi) is 6.43. The molecule has 2 aromatic heterocycles. The second kappa shape index (κ2) is 9.58. The Morgan fingerprint density at radius 2 is 2.06 bits per heavy atom. The van der Waals surface area contributed by atoms with E-state index in [2.05, 4.69) is 35.9 Å². The fourth-order valence-corrected chi connectivity index (χ4v) is 3.55. The van der Waals surface area contributed by atoms with Gasteiger partial charge in [-0.15, -0.1) is 0 Å². The maximum atomic E-state index is 12.3. The quantitative estimate of drug-likeness (QED) is 0.323. The van der Waals surface area contributed by atoms with Gasteiger partial charge >= 0.3 is 6.09 Å².